The Hall–Kier alpha value is -2.82. The predicted octanol–water partition coefficient (Wildman–Crippen LogP) is 5.99. The van der Waals surface area contributed by atoms with Crippen LogP contribution >= 0.6 is 0 Å². The lowest BCUT2D eigenvalue weighted by Gasteiger charge is -2.02. The van der Waals surface area contributed by atoms with Gasteiger partial charge in [-0.3, -0.25) is 4.21 Å². The van der Waals surface area contributed by atoms with Crippen LogP contribution in [0.5, 0.6) is 0 Å². The summed E-state index contributed by atoms with van der Waals surface area (Å²) in [7, 11) is -1.87. The summed E-state index contributed by atoms with van der Waals surface area (Å²) in [5.41, 5.74) is 2.27. The van der Waals surface area contributed by atoms with Crippen molar-refractivity contribution in [2.24, 2.45) is 0 Å². The molecule has 152 valence electrons. The molecule has 0 aromatic heterocycles. The zero-order valence-corrected chi connectivity index (χ0v) is 18.2. The summed E-state index contributed by atoms with van der Waals surface area (Å²) in [5.74, 6) is 1.27. The molecule has 0 fully saturated rings. The van der Waals surface area contributed by atoms with Crippen LogP contribution in [0.2, 0.25) is 0 Å². The average molecular weight is 433 g/mol. The molecule has 0 unspecified atom stereocenters. The standard InChI is InChI=1S/C14H14OS.C12H10OS/c15-16(11-13-7-3-1-4-8-13)12-14-9-5-2-6-10-14;13-14(11-7-3-1-4-8-11)12-9-5-2-6-10-12/h1-10H,11-12H2;1-10H. The molecule has 4 aromatic carbocycles. The van der Waals surface area contributed by atoms with Gasteiger partial charge in [0, 0.05) is 32.1 Å². The molecule has 4 aromatic rings. The van der Waals surface area contributed by atoms with Gasteiger partial charge < -0.3 is 0 Å². The van der Waals surface area contributed by atoms with E-state index in [1.165, 1.54) is 0 Å². The quantitative estimate of drug-likeness (QED) is 0.375. The van der Waals surface area contributed by atoms with E-state index in [0.717, 1.165) is 20.9 Å². The third-order valence-corrected chi connectivity index (χ3v) is 6.97. The lowest BCUT2D eigenvalue weighted by Crippen LogP contribution is -1.99. The molecule has 4 heteroatoms. The van der Waals surface area contributed by atoms with Crippen LogP contribution in [-0.2, 0) is 33.1 Å². The molecule has 0 N–H and O–H groups in total. The smallest absolute Gasteiger partial charge is 0.0849 e. The van der Waals surface area contributed by atoms with Gasteiger partial charge in [-0.05, 0) is 35.4 Å². The summed E-state index contributed by atoms with van der Waals surface area (Å²) in [6, 6.07) is 38.9. The van der Waals surface area contributed by atoms with Crippen molar-refractivity contribution in [2.45, 2.75) is 21.3 Å². The molecular weight excluding hydrogens is 408 g/mol. The Morgan fingerprint density at radius 3 is 1.07 bits per heavy atom. The van der Waals surface area contributed by atoms with E-state index in [2.05, 4.69) is 0 Å². The molecule has 4 rings (SSSR count). The molecule has 0 heterocycles. The monoisotopic (exact) mass is 432 g/mol. The Balaban J connectivity index is 0.000000172. The second-order valence-corrected chi connectivity index (χ2v) is 9.53. The number of rotatable bonds is 6. The topological polar surface area (TPSA) is 34.1 Å². The van der Waals surface area contributed by atoms with Crippen LogP contribution < -0.4 is 0 Å². The van der Waals surface area contributed by atoms with E-state index in [-0.39, 0.29) is 0 Å². The molecule has 0 aliphatic rings. The predicted molar refractivity (Wildman–Crippen MR) is 126 cm³/mol. The highest BCUT2D eigenvalue weighted by Crippen LogP contribution is 2.14. The molecule has 0 aliphatic carbocycles. The fraction of sp³-hybridized carbons (Fsp3) is 0.0769. The van der Waals surface area contributed by atoms with Gasteiger partial charge in [0.1, 0.15) is 0 Å². The molecule has 2 nitrogen and oxygen atoms in total. The van der Waals surface area contributed by atoms with Crippen LogP contribution in [0.15, 0.2) is 131 Å². The summed E-state index contributed by atoms with van der Waals surface area (Å²) < 4.78 is 23.9. The van der Waals surface area contributed by atoms with Crippen LogP contribution in [0.4, 0.5) is 0 Å². The van der Waals surface area contributed by atoms with Crippen LogP contribution in [0, 0.1) is 0 Å². The zero-order chi connectivity index (χ0) is 21.0. The first-order chi connectivity index (χ1) is 14.7. The minimum atomic E-state index is -1.05. The van der Waals surface area contributed by atoms with E-state index >= 15 is 0 Å². The molecule has 0 atom stereocenters. The van der Waals surface area contributed by atoms with Gasteiger partial charge in [-0.2, -0.15) is 0 Å². The van der Waals surface area contributed by atoms with Gasteiger partial charge in [0.05, 0.1) is 10.8 Å². The lowest BCUT2D eigenvalue weighted by molar-refractivity contribution is 0.681. The molecular formula is C26H24O2S2. The van der Waals surface area contributed by atoms with Crippen molar-refractivity contribution in [3.8, 4) is 0 Å². The number of benzene rings is 4. The fourth-order valence-corrected chi connectivity index (χ4v) is 5.11. The first-order valence-corrected chi connectivity index (χ1v) is 12.3. The van der Waals surface area contributed by atoms with Crippen molar-refractivity contribution in [2.75, 3.05) is 0 Å². The van der Waals surface area contributed by atoms with E-state index in [0.29, 0.717) is 11.5 Å². The van der Waals surface area contributed by atoms with Gasteiger partial charge in [-0.25, -0.2) is 4.21 Å². The number of hydrogen-bond donors (Lipinski definition) is 0. The maximum absolute atomic E-state index is 12.0. The highest BCUT2D eigenvalue weighted by Gasteiger charge is 2.04. The van der Waals surface area contributed by atoms with Crippen molar-refractivity contribution in [3.05, 3.63) is 132 Å². The highest BCUT2D eigenvalue weighted by molar-refractivity contribution is 7.85. The van der Waals surface area contributed by atoms with E-state index in [9.17, 15) is 8.42 Å². The van der Waals surface area contributed by atoms with Crippen LogP contribution in [0.25, 0.3) is 0 Å². The zero-order valence-electron chi connectivity index (χ0n) is 16.6. The van der Waals surface area contributed by atoms with E-state index in [1.54, 1.807) is 0 Å². The molecule has 0 spiro atoms. The molecule has 0 bridgehead atoms. The first-order valence-electron chi connectivity index (χ1n) is 9.67. The number of hydrogen-bond acceptors (Lipinski definition) is 2. The maximum atomic E-state index is 12.0. The van der Waals surface area contributed by atoms with E-state index in [1.807, 2.05) is 121 Å². The Labute approximate surface area is 183 Å². The summed E-state index contributed by atoms with van der Waals surface area (Å²) in [5, 5.41) is 0. The fourth-order valence-electron chi connectivity index (χ4n) is 2.80. The SMILES string of the molecule is O=S(Cc1ccccc1)Cc1ccccc1.O=S(c1ccccc1)c1ccccc1. The third kappa shape index (κ3) is 7.21. The van der Waals surface area contributed by atoms with E-state index in [4.69, 9.17) is 0 Å². The van der Waals surface area contributed by atoms with Gasteiger partial charge in [-0.15, -0.1) is 0 Å². The largest absolute Gasteiger partial charge is 0.259 e. The minimum absolute atomic E-state index is 0.635. The Morgan fingerprint density at radius 2 is 0.733 bits per heavy atom. The summed E-state index contributed by atoms with van der Waals surface area (Å²) in [4.78, 5) is 1.69. The molecule has 0 saturated heterocycles. The van der Waals surface area contributed by atoms with Gasteiger partial charge in [0.15, 0.2) is 0 Å². The van der Waals surface area contributed by atoms with Gasteiger partial charge in [0.25, 0.3) is 0 Å². The average Bonchev–Trinajstić information content (AvgIpc) is 2.81. The Bertz CT molecular complexity index is 966. The lowest BCUT2D eigenvalue weighted by atomic mass is 10.2. The summed E-state index contributed by atoms with van der Waals surface area (Å²) in [6.45, 7) is 0. The molecule has 0 amide bonds. The van der Waals surface area contributed by atoms with Crippen molar-refractivity contribution in [1.29, 1.82) is 0 Å². The van der Waals surface area contributed by atoms with Crippen molar-refractivity contribution >= 4 is 21.6 Å². The van der Waals surface area contributed by atoms with Gasteiger partial charge in [0.2, 0.25) is 0 Å². The second-order valence-electron chi connectivity index (χ2n) is 6.59. The minimum Gasteiger partial charge on any atom is -0.259 e. The van der Waals surface area contributed by atoms with Gasteiger partial charge >= 0.3 is 0 Å². The van der Waals surface area contributed by atoms with Crippen LogP contribution in [0.3, 0.4) is 0 Å². The second kappa shape index (κ2) is 12.0. The van der Waals surface area contributed by atoms with Crippen molar-refractivity contribution < 1.29 is 8.42 Å². The Morgan fingerprint density at radius 1 is 0.433 bits per heavy atom. The highest BCUT2D eigenvalue weighted by atomic mass is 32.2. The third-order valence-electron chi connectivity index (χ3n) is 4.26. The normalized spacial score (nSPS) is 10.5. The van der Waals surface area contributed by atoms with Crippen molar-refractivity contribution in [3.63, 3.8) is 0 Å². The van der Waals surface area contributed by atoms with Crippen molar-refractivity contribution in [1.82, 2.24) is 0 Å². The molecule has 30 heavy (non-hydrogen) atoms. The first kappa shape index (κ1) is 21.9. The molecule has 0 radical (unpaired) electrons. The summed E-state index contributed by atoms with van der Waals surface area (Å²) in [6.07, 6.45) is 0. The molecule has 0 aliphatic heterocycles. The maximum Gasteiger partial charge on any atom is 0.0849 e. The van der Waals surface area contributed by atoms with Crippen LogP contribution in [-0.4, -0.2) is 8.42 Å². The Kier molecular flexibility index (Phi) is 8.76. The van der Waals surface area contributed by atoms with E-state index < -0.39 is 21.6 Å². The molecule has 0 saturated carbocycles. The summed E-state index contributed by atoms with van der Waals surface area (Å²) >= 11 is 0. The van der Waals surface area contributed by atoms with Gasteiger partial charge in [-0.1, -0.05) is 97.1 Å². The van der Waals surface area contributed by atoms with Crippen LogP contribution in [0.1, 0.15) is 11.1 Å².